The fraction of sp³-hybridized carbons (Fsp3) is 0.588. The number of fused-ring (bicyclic) bond motifs is 1. The van der Waals surface area contributed by atoms with E-state index >= 15 is 0 Å². The van der Waals surface area contributed by atoms with Crippen LogP contribution in [0, 0.1) is 0 Å². The Morgan fingerprint density at radius 1 is 1.52 bits per heavy atom. The van der Waals surface area contributed by atoms with E-state index in [0.29, 0.717) is 13.2 Å². The van der Waals surface area contributed by atoms with E-state index in [0.717, 1.165) is 55.7 Å². The van der Waals surface area contributed by atoms with E-state index < -0.39 is 0 Å². The van der Waals surface area contributed by atoms with Crippen molar-refractivity contribution < 1.29 is 9.15 Å². The Morgan fingerprint density at radius 3 is 3.20 bits per heavy atom. The second-order valence-corrected chi connectivity index (χ2v) is 6.03. The number of aryl methyl sites for hydroxylation is 1. The summed E-state index contributed by atoms with van der Waals surface area (Å²) in [5.74, 6) is 3.57. The number of hydrogen-bond acceptors (Lipinski definition) is 5. The summed E-state index contributed by atoms with van der Waals surface area (Å²) >= 11 is 0. The van der Waals surface area contributed by atoms with Crippen molar-refractivity contribution in [2.24, 2.45) is 4.99 Å². The highest BCUT2D eigenvalue weighted by molar-refractivity contribution is 5.80. The standard InChI is InChI=1S/C17H26N6O2/c1-3-18-17(19-9-8-14-5-4-10-25-14)20-13-6-7-16-21-15(12-24-2)22-23(16)11-13/h4-5,10,13H,3,6-9,11-12H2,1-2H3,(H2,18,19,20). The lowest BCUT2D eigenvalue weighted by Crippen LogP contribution is -2.47. The molecule has 0 bridgehead atoms. The summed E-state index contributed by atoms with van der Waals surface area (Å²) in [5.41, 5.74) is 0. The van der Waals surface area contributed by atoms with Crippen LogP contribution in [0.5, 0.6) is 0 Å². The van der Waals surface area contributed by atoms with Crippen LogP contribution in [-0.4, -0.2) is 47.0 Å². The number of furan rings is 1. The van der Waals surface area contributed by atoms with Crippen LogP contribution in [0.4, 0.5) is 0 Å². The van der Waals surface area contributed by atoms with Crippen molar-refractivity contribution in [3.05, 3.63) is 35.8 Å². The first-order valence-electron chi connectivity index (χ1n) is 8.77. The first kappa shape index (κ1) is 17.5. The summed E-state index contributed by atoms with van der Waals surface area (Å²) in [5, 5.41) is 11.3. The van der Waals surface area contributed by atoms with Crippen molar-refractivity contribution in [3.8, 4) is 0 Å². The van der Waals surface area contributed by atoms with E-state index in [1.54, 1.807) is 13.4 Å². The molecule has 1 unspecified atom stereocenters. The number of guanidine groups is 1. The van der Waals surface area contributed by atoms with Gasteiger partial charge in [0.1, 0.15) is 18.2 Å². The van der Waals surface area contributed by atoms with Gasteiger partial charge in [0.05, 0.1) is 12.8 Å². The molecule has 2 aromatic heterocycles. The molecule has 3 heterocycles. The molecule has 0 amide bonds. The molecule has 136 valence electrons. The molecule has 8 heteroatoms. The molecule has 1 aliphatic heterocycles. The van der Waals surface area contributed by atoms with E-state index in [-0.39, 0.29) is 6.04 Å². The topological polar surface area (TPSA) is 89.5 Å². The zero-order chi connectivity index (χ0) is 17.5. The summed E-state index contributed by atoms with van der Waals surface area (Å²) in [7, 11) is 1.66. The van der Waals surface area contributed by atoms with Gasteiger partial charge in [-0.25, -0.2) is 9.67 Å². The van der Waals surface area contributed by atoms with E-state index in [2.05, 4.69) is 32.6 Å². The van der Waals surface area contributed by atoms with Gasteiger partial charge in [-0.05, 0) is 25.5 Å². The molecule has 0 spiro atoms. The molecule has 0 aromatic carbocycles. The lowest BCUT2D eigenvalue weighted by Gasteiger charge is -2.25. The van der Waals surface area contributed by atoms with E-state index in [4.69, 9.17) is 9.15 Å². The molecule has 0 saturated carbocycles. The maximum Gasteiger partial charge on any atom is 0.191 e. The van der Waals surface area contributed by atoms with Crippen LogP contribution < -0.4 is 10.6 Å². The van der Waals surface area contributed by atoms with Gasteiger partial charge in [-0.2, -0.15) is 5.10 Å². The summed E-state index contributed by atoms with van der Waals surface area (Å²) < 4.78 is 12.4. The molecule has 0 fully saturated rings. The van der Waals surface area contributed by atoms with E-state index in [1.165, 1.54) is 0 Å². The molecular formula is C17H26N6O2. The van der Waals surface area contributed by atoms with Gasteiger partial charge in [0, 0.05) is 39.1 Å². The maximum atomic E-state index is 5.35. The maximum absolute atomic E-state index is 5.35. The third kappa shape index (κ3) is 4.82. The van der Waals surface area contributed by atoms with Crippen LogP contribution in [0.25, 0.3) is 0 Å². The molecule has 25 heavy (non-hydrogen) atoms. The Labute approximate surface area is 147 Å². The van der Waals surface area contributed by atoms with E-state index in [9.17, 15) is 0 Å². The fourth-order valence-electron chi connectivity index (χ4n) is 2.91. The first-order valence-corrected chi connectivity index (χ1v) is 8.77. The van der Waals surface area contributed by atoms with Crippen molar-refractivity contribution in [2.75, 3.05) is 20.2 Å². The quantitative estimate of drug-likeness (QED) is 0.577. The molecule has 0 saturated heterocycles. The molecule has 0 aliphatic carbocycles. The van der Waals surface area contributed by atoms with Crippen LogP contribution in [0.2, 0.25) is 0 Å². The highest BCUT2D eigenvalue weighted by Crippen LogP contribution is 2.13. The number of hydrogen-bond donors (Lipinski definition) is 2. The van der Waals surface area contributed by atoms with Crippen LogP contribution >= 0.6 is 0 Å². The predicted molar refractivity (Wildman–Crippen MR) is 94.4 cm³/mol. The molecule has 1 aliphatic rings. The van der Waals surface area contributed by atoms with Crippen LogP contribution in [-0.2, 0) is 30.7 Å². The zero-order valence-electron chi connectivity index (χ0n) is 14.9. The second-order valence-electron chi connectivity index (χ2n) is 6.03. The molecule has 2 aromatic rings. The minimum Gasteiger partial charge on any atom is -0.469 e. The largest absolute Gasteiger partial charge is 0.469 e. The summed E-state index contributed by atoms with van der Waals surface area (Å²) in [6.45, 7) is 4.81. The lowest BCUT2D eigenvalue weighted by atomic mass is 10.1. The number of aliphatic imine (C=N–C) groups is 1. The monoisotopic (exact) mass is 346 g/mol. The fourth-order valence-corrected chi connectivity index (χ4v) is 2.91. The Hall–Kier alpha value is -2.35. The number of nitrogens with one attached hydrogen (secondary N) is 2. The van der Waals surface area contributed by atoms with Gasteiger partial charge < -0.3 is 19.8 Å². The van der Waals surface area contributed by atoms with E-state index in [1.807, 2.05) is 16.8 Å². The van der Waals surface area contributed by atoms with Gasteiger partial charge in [0.2, 0.25) is 0 Å². The summed E-state index contributed by atoms with van der Waals surface area (Å²) in [6, 6.07) is 4.16. The minimum absolute atomic E-state index is 0.283. The van der Waals surface area contributed by atoms with Crippen molar-refractivity contribution in [1.29, 1.82) is 0 Å². The zero-order valence-corrected chi connectivity index (χ0v) is 14.9. The minimum atomic E-state index is 0.283. The molecule has 1 atom stereocenters. The number of aromatic nitrogens is 3. The van der Waals surface area contributed by atoms with Crippen LogP contribution in [0.3, 0.4) is 0 Å². The third-order valence-electron chi connectivity index (χ3n) is 4.07. The van der Waals surface area contributed by atoms with Crippen molar-refractivity contribution in [1.82, 2.24) is 25.4 Å². The average molecular weight is 346 g/mol. The van der Waals surface area contributed by atoms with Gasteiger partial charge in [0.15, 0.2) is 11.8 Å². The summed E-state index contributed by atoms with van der Waals surface area (Å²) in [4.78, 5) is 9.15. The van der Waals surface area contributed by atoms with Gasteiger partial charge in [0.25, 0.3) is 0 Å². The third-order valence-corrected chi connectivity index (χ3v) is 4.07. The molecular weight excluding hydrogens is 320 g/mol. The van der Waals surface area contributed by atoms with Gasteiger partial charge in [-0.3, -0.25) is 4.99 Å². The SMILES string of the molecule is CCNC(=NCCc1ccco1)NC1CCc2nc(COC)nn2C1. The van der Waals surface area contributed by atoms with Crippen molar-refractivity contribution >= 4 is 5.96 Å². The Kier molecular flexibility index (Phi) is 6.05. The molecule has 0 radical (unpaired) electrons. The predicted octanol–water partition coefficient (Wildman–Crippen LogP) is 1.13. The Bertz CT molecular complexity index is 679. The molecule has 8 nitrogen and oxygen atoms in total. The number of nitrogens with zero attached hydrogens (tertiary/aromatic N) is 4. The van der Waals surface area contributed by atoms with Gasteiger partial charge in [-0.1, -0.05) is 0 Å². The highest BCUT2D eigenvalue weighted by atomic mass is 16.5. The number of rotatable bonds is 7. The first-order chi connectivity index (χ1) is 12.3. The Morgan fingerprint density at radius 2 is 2.44 bits per heavy atom. The van der Waals surface area contributed by atoms with Gasteiger partial charge in [-0.15, -0.1) is 0 Å². The summed E-state index contributed by atoms with van der Waals surface area (Å²) in [6.07, 6.45) is 4.40. The normalized spacial score (nSPS) is 17.4. The Balaban J connectivity index is 1.56. The average Bonchev–Trinajstić information content (AvgIpc) is 3.24. The number of methoxy groups -OCH3 is 1. The van der Waals surface area contributed by atoms with Crippen molar-refractivity contribution in [2.45, 2.75) is 45.4 Å². The lowest BCUT2D eigenvalue weighted by molar-refractivity contribution is 0.177. The smallest absolute Gasteiger partial charge is 0.191 e. The number of ether oxygens (including phenoxy) is 1. The van der Waals surface area contributed by atoms with Crippen molar-refractivity contribution in [3.63, 3.8) is 0 Å². The van der Waals surface area contributed by atoms with Gasteiger partial charge >= 0.3 is 0 Å². The highest BCUT2D eigenvalue weighted by Gasteiger charge is 2.22. The second kappa shape index (κ2) is 8.66. The van der Waals surface area contributed by atoms with Crippen LogP contribution in [0.1, 0.15) is 30.8 Å². The molecule has 2 N–H and O–H groups in total. The molecule has 3 rings (SSSR count). The van der Waals surface area contributed by atoms with Crippen LogP contribution in [0.15, 0.2) is 27.8 Å².